The van der Waals surface area contributed by atoms with Crippen molar-refractivity contribution >= 4 is 15.9 Å². The topological polar surface area (TPSA) is 12.0 Å². The van der Waals surface area contributed by atoms with E-state index in [0.717, 1.165) is 10.4 Å². The number of rotatable bonds is 4. The van der Waals surface area contributed by atoms with Crippen LogP contribution in [-0.2, 0) is 0 Å². The summed E-state index contributed by atoms with van der Waals surface area (Å²) in [5, 5.41) is 3.74. The fraction of sp³-hybridized carbons (Fsp3) is 0.600. The van der Waals surface area contributed by atoms with E-state index in [2.05, 4.69) is 59.4 Å². The van der Waals surface area contributed by atoms with Crippen LogP contribution in [0.2, 0.25) is 0 Å². The minimum atomic E-state index is 0.433. The Balaban J connectivity index is 1.93. The van der Waals surface area contributed by atoms with Crippen molar-refractivity contribution in [1.82, 2.24) is 5.32 Å². The summed E-state index contributed by atoms with van der Waals surface area (Å²) >= 11 is 3.54. The molecule has 1 fully saturated rings. The Morgan fingerprint density at radius 1 is 1.24 bits per heavy atom. The van der Waals surface area contributed by atoms with E-state index in [0.29, 0.717) is 12.1 Å². The fourth-order valence-corrected chi connectivity index (χ4v) is 3.28. The lowest BCUT2D eigenvalue weighted by atomic mass is 9.98. The van der Waals surface area contributed by atoms with Crippen molar-refractivity contribution in [2.45, 2.75) is 51.6 Å². The van der Waals surface area contributed by atoms with Gasteiger partial charge in [0.1, 0.15) is 0 Å². The molecule has 0 aliphatic heterocycles. The van der Waals surface area contributed by atoms with Crippen LogP contribution in [0.5, 0.6) is 0 Å². The van der Waals surface area contributed by atoms with Gasteiger partial charge in [-0.25, -0.2) is 0 Å². The molecule has 1 nitrogen and oxygen atoms in total. The smallest absolute Gasteiger partial charge is 0.0294 e. The first kappa shape index (κ1) is 13.1. The molecule has 2 atom stereocenters. The van der Waals surface area contributed by atoms with Gasteiger partial charge >= 0.3 is 0 Å². The van der Waals surface area contributed by atoms with E-state index in [4.69, 9.17) is 0 Å². The quantitative estimate of drug-likeness (QED) is 0.850. The second-order valence-corrected chi connectivity index (χ2v) is 6.19. The molecule has 17 heavy (non-hydrogen) atoms. The highest BCUT2D eigenvalue weighted by Crippen LogP contribution is 2.29. The molecule has 0 saturated heterocycles. The molecule has 0 spiro atoms. The summed E-state index contributed by atoms with van der Waals surface area (Å²) < 4.78 is 1.16. The van der Waals surface area contributed by atoms with Crippen molar-refractivity contribution in [1.29, 1.82) is 0 Å². The van der Waals surface area contributed by atoms with Crippen LogP contribution in [0.25, 0.3) is 0 Å². The highest BCUT2D eigenvalue weighted by atomic mass is 79.9. The first-order chi connectivity index (χ1) is 8.16. The van der Waals surface area contributed by atoms with Crippen molar-refractivity contribution < 1.29 is 0 Å². The molecule has 1 aliphatic carbocycles. The summed E-state index contributed by atoms with van der Waals surface area (Å²) in [5.41, 5.74) is 1.37. The summed E-state index contributed by atoms with van der Waals surface area (Å²) in [6, 6.07) is 9.66. The van der Waals surface area contributed by atoms with Gasteiger partial charge in [-0.2, -0.15) is 0 Å². The van der Waals surface area contributed by atoms with E-state index < -0.39 is 0 Å². The highest BCUT2D eigenvalue weighted by Gasteiger charge is 2.22. The van der Waals surface area contributed by atoms with Crippen LogP contribution < -0.4 is 5.32 Å². The first-order valence-corrected chi connectivity index (χ1v) is 7.47. The molecule has 2 heteroatoms. The van der Waals surface area contributed by atoms with E-state index in [1.807, 2.05) is 0 Å². The SMILES string of the molecule is CC(NC(C)C1CCCC1)c1cccc(Br)c1. The molecule has 0 radical (unpaired) electrons. The maximum absolute atomic E-state index is 3.74. The molecule has 94 valence electrons. The molecule has 0 heterocycles. The summed E-state index contributed by atoms with van der Waals surface area (Å²) in [5.74, 6) is 0.879. The zero-order valence-corrected chi connectivity index (χ0v) is 12.3. The number of benzene rings is 1. The predicted octanol–water partition coefficient (Wildman–Crippen LogP) is 4.68. The predicted molar refractivity (Wildman–Crippen MR) is 77.1 cm³/mol. The Hall–Kier alpha value is -0.340. The molecule has 2 unspecified atom stereocenters. The van der Waals surface area contributed by atoms with Crippen LogP contribution in [0.15, 0.2) is 28.7 Å². The van der Waals surface area contributed by atoms with Gasteiger partial charge in [-0.05, 0) is 50.3 Å². The molecule has 1 saturated carbocycles. The Kier molecular flexibility index (Phi) is 4.63. The van der Waals surface area contributed by atoms with E-state index in [-0.39, 0.29) is 0 Å². The summed E-state index contributed by atoms with van der Waals surface area (Å²) in [6.07, 6.45) is 5.64. The minimum Gasteiger partial charge on any atom is -0.307 e. The van der Waals surface area contributed by atoms with E-state index in [1.165, 1.54) is 31.2 Å². The first-order valence-electron chi connectivity index (χ1n) is 6.68. The lowest BCUT2D eigenvalue weighted by Gasteiger charge is -2.25. The van der Waals surface area contributed by atoms with Crippen molar-refractivity contribution in [3.8, 4) is 0 Å². The summed E-state index contributed by atoms with van der Waals surface area (Å²) in [6.45, 7) is 4.59. The second-order valence-electron chi connectivity index (χ2n) is 5.28. The molecule has 0 bridgehead atoms. The van der Waals surface area contributed by atoms with Crippen molar-refractivity contribution in [2.75, 3.05) is 0 Å². The third-order valence-corrected chi connectivity index (χ3v) is 4.46. The molecule has 1 aromatic carbocycles. The molecule has 0 amide bonds. The van der Waals surface area contributed by atoms with Gasteiger partial charge in [-0.1, -0.05) is 40.9 Å². The largest absolute Gasteiger partial charge is 0.307 e. The zero-order valence-electron chi connectivity index (χ0n) is 10.7. The molecule has 1 aliphatic rings. The number of halogens is 1. The zero-order chi connectivity index (χ0) is 12.3. The standard InChI is InChI=1S/C15H22BrN/c1-11(13-6-3-4-7-13)17-12(2)14-8-5-9-15(16)10-14/h5,8-13,17H,3-4,6-7H2,1-2H3. The Morgan fingerprint density at radius 2 is 1.94 bits per heavy atom. The van der Waals surface area contributed by atoms with Gasteiger partial charge in [0, 0.05) is 16.6 Å². The summed E-state index contributed by atoms with van der Waals surface area (Å²) in [7, 11) is 0. The number of hydrogen-bond acceptors (Lipinski definition) is 1. The lowest BCUT2D eigenvalue weighted by molar-refractivity contribution is 0.352. The summed E-state index contributed by atoms with van der Waals surface area (Å²) in [4.78, 5) is 0. The Morgan fingerprint density at radius 3 is 2.59 bits per heavy atom. The van der Waals surface area contributed by atoms with Crippen LogP contribution in [0.4, 0.5) is 0 Å². The van der Waals surface area contributed by atoms with Crippen LogP contribution in [0.3, 0.4) is 0 Å². The van der Waals surface area contributed by atoms with Crippen LogP contribution in [-0.4, -0.2) is 6.04 Å². The van der Waals surface area contributed by atoms with Crippen molar-refractivity contribution in [3.05, 3.63) is 34.3 Å². The molecule has 1 aromatic rings. The van der Waals surface area contributed by atoms with Crippen LogP contribution in [0.1, 0.15) is 51.1 Å². The second kappa shape index (κ2) is 6.01. The maximum atomic E-state index is 3.74. The van der Waals surface area contributed by atoms with Crippen LogP contribution in [0, 0.1) is 5.92 Å². The van der Waals surface area contributed by atoms with Gasteiger partial charge in [0.25, 0.3) is 0 Å². The average Bonchev–Trinajstić information content (AvgIpc) is 2.82. The number of hydrogen-bond donors (Lipinski definition) is 1. The highest BCUT2D eigenvalue weighted by molar-refractivity contribution is 9.10. The molecular weight excluding hydrogens is 274 g/mol. The molecular formula is C15H22BrN. The van der Waals surface area contributed by atoms with Gasteiger partial charge < -0.3 is 5.32 Å². The molecule has 2 rings (SSSR count). The average molecular weight is 296 g/mol. The fourth-order valence-electron chi connectivity index (χ4n) is 2.86. The van der Waals surface area contributed by atoms with E-state index in [1.54, 1.807) is 0 Å². The minimum absolute atomic E-state index is 0.433. The van der Waals surface area contributed by atoms with Gasteiger partial charge in [-0.3, -0.25) is 0 Å². The Bertz CT molecular complexity index is 358. The Labute approximate surface area is 113 Å². The third-order valence-electron chi connectivity index (χ3n) is 3.97. The van der Waals surface area contributed by atoms with Gasteiger partial charge in [0.15, 0.2) is 0 Å². The van der Waals surface area contributed by atoms with Gasteiger partial charge in [0.2, 0.25) is 0 Å². The molecule has 1 N–H and O–H groups in total. The van der Waals surface area contributed by atoms with Gasteiger partial charge in [-0.15, -0.1) is 0 Å². The maximum Gasteiger partial charge on any atom is 0.0294 e. The third kappa shape index (κ3) is 3.56. The normalized spacial score (nSPS) is 20.4. The lowest BCUT2D eigenvalue weighted by Crippen LogP contribution is -2.34. The van der Waals surface area contributed by atoms with Crippen molar-refractivity contribution in [3.63, 3.8) is 0 Å². The molecule has 0 aromatic heterocycles. The van der Waals surface area contributed by atoms with Gasteiger partial charge in [0.05, 0.1) is 0 Å². The number of nitrogens with one attached hydrogen (secondary N) is 1. The van der Waals surface area contributed by atoms with E-state index >= 15 is 0 Å². The monoisotopic (exact) mass is 295 g/mol. The van der Waals surface area contributed by atoms with Crippen molar-refractivity contribution in [2.24, 2.45) is 5.92 Å². The van der Waals surface area contributed by atoms with E-state index in [9.17, 15) is 0 Å². The van der Waals surface area contributed by atoms with Crippen LogP contribution >= 0.6 is 15.9 Å².